The van der Waals surface area contributed by atoms with E-state index in [4.69, 9.17) is 0 Å². The molecule has 1 aliphatic heterocycles. The van der Waals surface area contributed by atoms with E-state index in [0.717, 1.165) is 0 Å². The van der Waals surface area contributed by atoms with E-state index in [1.54, 1.807) is 17.3 Å². The zero-order valence-electron chi connectivity index (χ0n) is 8.14. The summed E-state index contributed by atoms with van der Waals surface area (Å²) in [6.07, 6.45) is -6.20. The van der Waals surface area contributed by atoms with Gasteiger partial charge in [0.05, 0.1) is 6.04 Å². The summed E-state index contributed by atoms with van der Waals surface area (Å²) in [6.45, 7) is 0.520. The number of hydrogen-bond acceptors (Lipinski definition) is 2. The molecule has 0 spiro atoms. The number of nitrogens with zero attached hydrogens (tertiary/aromatic N) is 1. The molecule has 1 fully saturated rings. The van der Waals surface area contributed by atoms with Crippen molar-refractivity contribution in [3.8, 4) is 0 Å². The Hall–Kier alpha value is -0.850. The summed E-state index contributed by atoms with van der Waals surface area (Å²) in [5.41, 5.74) is 0. The van der Waals surface area contributed by atoms with Crippen molar-refractivity contribution < 1.29 is 22.4 Å². The summed E-state index contributed by atoms with van der Waals surface area (Å²) in [5.74, 6) is -2.07. The second-order valence-electron chi connectivity index (χ2n) is 3.64. The van der Waals surface area contributed by atoms with Gasteiger partial charge in [-0.05, 0) is 13.5 Å². The first kappa shape index (κ1) is 12.2. The van der Waals surface area contributed by atoms with Gasteiger partial charge in [-0.25, -0.2) is 4.39 Å². The maximum Gasteiger partial charge on any atom is 0.471 e. The maximum absolute atomic E-state index is 13.2. The van der Waals surface area contributed by atoms with Gasteiger partial charge in [-0.2, -0.15) is 13.2 Å². The first-order chi connectivity index (χ1) is 6.80. The fourth-order valence-corrected chi connectivity index (χ4v) is 1.47. The van der Waals surface area contributed by atoms with Crippen molar-refractivity contribution in [3.63, 3.8) is 0 Å². The molecule has 88 valence electrons. The summed E-state index contributed by atoms with van der Waals surface area (Å²) in [7, 11) is 1.67. The Labute approximate surface area is 84.4 Å². The topological polar surface area (TPSA) is 32.3 Å². The summed E-state index contributed by atoms with van der Waals surface area (Å²) in [6, 6.07) is -1.03. The van der Waals surface area contributed by atoms with Crippen LogP contribution in [0, 0.1) is 0 Å². The minimum absolute atomic E-state index is 0.0444. The van der Waals surface area contributed by atoms with Gasteiger partial charge >= 0.3 is 12.1 Å². The number of rotatable bonds is 1. The van der Waals surface area contributed by atoms with E-state index < -0.39 is 24.3 Å². The average Bonchev–Trinajstić information content (AvgIpc) is 2.08. The molecule has 1 rings (SSSR count). The van der Waals surface area contributed by atoms with E-state index in [0.29, 0.717) is 6.54 Å². The van der Waals surface area contributed by atoms with Gasteiger partial charge in [0.25, 0.3) is 0 Å². The van der Waals surface area contributed by atoms with Gasteiger partial charge in [-0.15, -0.1) is 0 Å². The van der Waals surface area contributed by atoms with Crippen molar-refractivity contribution in [3.05, 3.63) is 0 Å². The molecule has 0 aromatic rings. The predicted molar refractivity (Wildman–Crippen MR) is 45.0 cm³/mol. The van der Waals surface area contributed by atoms with E-state index in [9.17, 15) is 22.4 Å². The Kier molecular flexibility index (Phi) is 3.54. The van der Waals surface area contributed by atoms with Gasteiger partial charge in [0.1, 0.15) is 6.17 Å². The molecule has 0 unspecified atom stereocenters. The quantitative estimate of drug-likeness (QED) is 0.670. The van der Waals surface area contributed by atoms with E-state index >= 15 is 0 Å². The molecule has 1 saturated heterocycles. The van der Waals surface area contributed by atoms with Crippen LogP contribution >= 0.6 is 0 Å². The van der Waals surface area contributed by atoms with E-state index in [1.165, 1.54) is 0 Å². The fourth-order valence-electron chi connectivity index (χ4n) is 1.47. The lowest BCUT2D eigenvalue weighted by molar-refractivity contribution is -0.175. The van der Waals surface area contributed by atoms with Crippen molar-refractivity contribution in [2.45, 2.75) is 24.8 Å². The highest BCUT2D eigenvalue weighted by molar-refractivity contribution is 5.82. The number of alkyl halides is 4. The van der Waals surface area contributed by atoms with Crippen molar-refractivity contribution in [1.82, 2.24) is 10.2 Å². The number of piperidine rings is 1. The molecule has 0 bridgehead atoms. The van der Waals surface area contributed by atoms with Crippen molar-refractivity contribution in [1.29, 1.82) is 0 Å². The normalized spacial score (nSPS) is 28.9. The number of halogens is 4. The minimum atomic E-state index is -4.94. The molecule has 1 N–H and O–H groups in total. The molecule has 2 atom stereocenters. The van der Waals surface area contributed by atoms with E-state index in [1.807, 2.05) is 0 Å². The number of carbonyl (C=O) groups is 1. The van der Waals surface area contributed by atoms with Gasteiger partial charge in [0.2, 0.25) is 0 Å². The molecular formula is C8H12F4N2O. The lowest BCUT2D eigenvalue weighted by Gasteiger charge is -2.32. The molecule has 1 aliphatic rings. The van der Waals surface area contributed by atoms with E-state index in [2.05, 4.69) is 0 Å². The molecule has 7 heteroatoms. The summed E-state index contributed by atoms with van der Waals surface area (Å²) in [5, 5.41) is 1.66. The largest absolute Gasteiger partial charge is 0.471 e. The van der Waals surface area contributed by atoms with Gasteiger partial charge in [0.15, 0.2) is 0 Å². The summed E-state index contributed by atoms with van der Waals surface area (Å²) >= 11 is 0. The lowest BCUT2D eigenvalue weighted by atomic mass is 10.0. The van der Waals surface area contributed by atoms with Crippen LogP contribution in [0.5, 0.6) is 0 Å². The Morgan fingerprint density at radius 3 is 2.53 bits per heavy atom. The molecule has 0 aromatic carbocycles. The van der Waals surface area contributed by atoms with Crippen LogP contribution in [0.1, 0.15) is 6.42 Å². The standard InChI is InChI=1S/C8H12F4N2O/c1-14-3-2-6(5(9)4-14)13-7(15)8(10,11)12/h5-6H,2-4H2,1H3,(H,13,15)/t5-,6+/m1/s1. The third kappa shape index (κ3) is 3.33. The van der Waals surface area contributed by atoms with Crippen LogP contribution in [-0.2, 0) is 4.79 Å². The Balaban J connectivity index is 2.49. The number of carbonyl (C=O) groups excluding carboxylic acids is 1. The van der Waals surface area contributed by atoms with Crippen molar-refractivity contribution in [2.24, 2.45) is 0 Å². The van der Waals surface area contributed by atoms with E-state index in [-0.39, 0.29) is 13.0 Å². The molecule has 1 heterocycles. The van der Waals surface area contributed by atoms with Crippen LogP contribution in [0.3, 0.4) is 0 Å². The smallest absolute Gasteiger partial charge is 0.343 e. The van der Waals surface area contributed by atoms with Crippen LogP contribution in [0.2, 0.25) is 0 Å². The van der Waals surface area contributed by atoms with Gasteiger partial charge in [-0.1, -0.05) is 0 Å². The monoisotopic (exact) mass is 228 g/mol. The molecule has 0 aliphatic carbocycles. The molecule has 15 heavy (non-hydrogen) atoms. The van der Waals surface area contributed by atoms with Crippen LogP contribution in [0.4, 0.5) is 17.6 Å². The lowest BCUT2D eigenvalue weighted by Crippen LogP contribution is -2.53. The summed E-state index contributed by atoms with van der Waals surface area (Å²) < 4.78 is 48.8. The highest BCUT2D eigenvalue weighted by atomic mass is 19.4. The van der Waals surface area contributed by atoms with Gasteiger partial charge < -0.3 is 10.2 Å². The second-order valence-corrected chi connectivity index (χ2v) is 3.64. The fraction of sp³-hybridized carbons (Fsp3) is 0.875. The predicted octanol–water partition coefficient (Wildman–Crippen LogP) is 0.707. The zero-order chi connectivity index (χ0) is 11.6. The molecule has 0 aromatic heterocycles. The van der Waals surface area contributed by atoms with Crippen LogP contribution < -0.4 is 5.32 Å². The molecule has 0 radical (unpaired) electrons. The number of amides is 1. The third-order valence-electron chi connectivity index (χ3n) is 2.32. The molecule has 0 saturated carbocycles. The first-order valence-electron chi connectivity index (χ1n) is 4.51. The Morgan fingerprint density at radius 2 is 2.07 bits per heavy atom. The number of nitrogens with one attached hydrogen (secondary N) is 1. The first-order valence-corrected chi connectivity index (χ1v) is 4.51. The SMILES string of the molecule is CN1CC[C@H](NC(=O)C(F)(F)F)[C@H](F)C1. The number of likely N-dealkylation sites (tertiary alicyclic amines) is 1. The molecule has 1 amide bonds. The Bertz CT molecular complexity index is 243. The van der Waals surface area contributed by atoms with Crippen molar-refractivity contribution in [2.75, 3.05) is 20.1 Å². The van der Waals surface area contributed by atoms with Crippen LogP contribution in [-0.4, -0.2) is 49.3 Å². The minimum Gasteiger partial charge on any atom is -0.343 e. The summed E-state index contributed by atoms with van der Waals surface area (Å²) in [4.78, 5) is 12.2. The highest BCUT2D eigenvalue weighted by Crippen LogP contribution is 2.18. The van der Waals surface area contributed by atoms with Gasteiger partial charge in [0, 0.05) is 13.1 Å². The third-order valence-corrected chi connectivity index (χ3v) is 2.32. The second kappa shape index (κ2) is 4.34. The average molecular weight is 228 g/mol. The zero-order valence-corrected chi connectivity index (χ0v) is 8.14. The number of hydrogen-bond donors (Lipinski definition) is 1. The maximum atomic E-state index is 13.2. The van der Waals surface area contributed by atoms with Crippen LogP contribution in [0.15, 0.2) is 0 Å². The van der Waals surface area contributed by atoms with Crippen molar-refractivity contribution >= 4 is 5.91 Å². The molecular weight excluding hydrogens is 216 g/mol. The Morgan fingerprint density at radius 1 is 1.47 bits per heavy atom. The molecule has 3 nitrogen and oxygen atoms in total. The van der Waals surface area contributed by atoms with Gasteiger partial charge in [-0.3, -0.25) is 4.79 Å². The highest BCUT2D eigenvalue weighted by Gasteiger charge is 2.41. The van der Waals surface area contributed by atoms with Crippen LogP contribution in [0.25, 0.3) is 0 Å².